The van der Waals surface area contributed by atoms with E-state index in [-0.39, 0.29) is 0 Å². The molecule has 0 spiro atoms. The molecule has 2 heteroatoms. The first-order valence-electron chi connectivity index (χ1n) is 7.25. The van der Waals surface area contributed by atoms with Gasteiger partial charge in [-0.15, -0.1) is 0 Å². The summed E-state index contributed by atoms with van der Waals surface area (Å²) in [5.41, 5.74) is 7.15. The molecule has 0 aliphatic heterocycles. The third-order valence-corrected chi connectivity index (χ3v) is 4.14. The molecule has 2 aromatic rings. The van der Waals surface area contributed by atoms with Gasteiger partial charge in [-0.1, -0.05) is 6.07 Å². The maximum Gasteiger partial charge on any atom is 0.133 e. The van der Waals surface area contributed by atoms with Crippen LogP contribution in [-0.2, 0) is 0 Å². The lowest BCUT2D eigenvalue weighted by Gasteiger charge is -2.17. The molecule has 0 N–H and O–H groups in total. The van der Waals surface area contributed by atoms with Crippen molar-refractivity contribution in [1.82, 2.24) is 0 Å². The van der Waals surface area contributed by atoms with Gasteiger partial charge >= 0.3 is 0 Å². The van der Waals surface area contributed by atoms with Crippen LogP contribution < -0.4 is 9.47 Å². The van der Waals surface area contributed by atoms with Gasteiger partial charge in [-0.2, -0.15) is 0 Å². The molecule has 0 heterocycles. The monoisotopic (exact) mass is 284 g/mol. The lowest BCUT2D eigenvalue weighted by Crippen LogP contribution is -1.98. The smallest absolute Gasteiger partial charge is 0.133 e. The van der Waals surface area contributed by atoms with Gasteiger partial charge in [0.15, 0.2) is 0 Å². The summed E-state index contributed by atoms with van der Waals surface area (Å²) in [5, 5.41) is 0. The van der Waals surface area contributed by atoms with Crippen LogP contribution in [0.4, 0.5) is 0 Å². The summed E-state index contributed by atoms with van der Waals surface area (Å²) in [5.74, 6) is 2.75. The molecule has 0 radical (unpaired) electrons. The van der Waals surface area contributed by atoms with Crippen LogP contribution in [0.1, 0.15) is 33.4 Å². The van der Waals surface area contributed by atoms with Crippen molar-refractivity contribution < 1.29 is 9.47 Å². The highest BCUT2D eigenvalue weighted by Gasteiger charge is 2.12. The molecule has 0 saturated heterocycles. The van der Waals surface area contributed by atoms with Gasteiger partial charge in [0.25, 0.3) is 0 Å². The van der Waals surface area contributed by atoms with E-state index in [1.165, 1.54) is 22.3 Å². The van der Waals surface area contributed by atoms with Crippen LogP contribution >= 0.6 is 0 Å². The van der Waals surface area contributed by atoms with Crippen molar-refractivity contribution in [3.63, 3.8) is 0 Å². The molecule has 0 atom stereocenters. The number of aryl methyl sites for hydroxylation is 4. The van der Waals surface area contributed by atoms with Crippen molar-refractivity contribution in [3.8, 4) is 17.2 Å². The zero-order valence-electron chi connectivity index (χ0n) is 14.0. The molecule has 0 aliphatic rings. The first kappa shape index (κ1) is 15.4. The summed E-state index contributed by atoms with van der Waals surface area (Å²) in [6.45, 7) is 12.6. The third kappa shape index (κ3) is 2.90. The van der Waals surface area contributed by atoms with E-state index in [1.807, 2.05) is 26.0 Å². The van der Waals surface area contributed by atoms with Crippen LogP contribution in [0.5, 0.6) is 17.2 Å². The minimum atomic E-state index is 0.861. The molecule has 0 unspecified atom stereocenters. The molecular weight excluding hydrogens is 260 g/mol. The average molecular weight is 284 g/mol. The Kier molecular flexibility index (Phi) is 4.26. The first-order valence-corrected chi connectivity index (χ1v) is 7.25. The van der Waals surface area contributed by atoms with Crippen LogP contribution in [0.3, 0.4) is 0 Å². The number of hydrogen-bond acceptors (Lipinski definition) is 2. The largest absolute Gasteiger partial charge is 0.496 e. The fourth-order valence-electron chi connectivity index (χ4n) is 2.83. The lowest BCUT2D eigenvalue weighted by atomic mass is 9.99. The van der Waals surface area contributed by atoms with Crippen molar-refractivity contribution in [2.75, 3.05) is 7.11 Å². The topological polar surface area (TPSA) is 18.5 Å². The van der Waals surface area contributed by atoms with Gasteiger partial charge in [-0.05, 0) is 87.1 Å². The molecule has 2 rings (SSSR count). The van der Waals surface area contributed by atoms with E-state index in [2.05, 4.69) is 33.8 Å². The fourth-order valence-corrected chi connectivity index (χ4v) is 2.83. The minimum Gasteiger partial charge on any atom is -0.496 e. The van der Waals surface area contributed by atoms with Crippen LogP contribution in [0.15, 0.2) is 18.2 Å². The minimum absolute atomic E-state index is 0.861. The quantitative estimate of drug-likeness (QED) is 0.757. The summed E-state index contributed by atoms with van der Waals surface area (Å²) >= 11 is 0. The van der Waals surface area contributed by atoms with Gasteiger partial charge in [0, 0.05) is 0 Å². The van der Waals surface area contributed by atoms with Gasteiger partial charge in [-0.3, -0.25) is 0 Å². The number of benzene rings is 2. The molecular formula is C19H24O2. The third-order valence-electron chi connectivity index (χ3n) is 4.14. The molecule has 0 amide bonds. The van der Waals surface area contributed by atoms with E-state index < -0.39 is 0 Å². The summed E-state index contributed by atoms with van der Waals surface area (Å²) < 4.78 is 11.6. The molecule has 0 saturated carbocycles. The van der Waals surface area contributed by atoms with E-state index in [1.54, 1.807) is 7.11 Å². The Bertz CT molecular complexity index is 661. The fraction of sp³-hybridized carbons (Fsp3) is 0.368. The highest BCUT2D eigenvalue weighted by molar-refractivity contribution is 5.52. The molecule has 2 aromatic carbocycles. The van der Waals surface area contributed by atoms with Crippen molar-refractivity contribution in [2.45, 2.75) is 41.5 Å². The zero-order chi connectivity index (χ0) is 15.7. The van der Waals surface area contributed by atoms with Gasteiger partial charge in [0.2, 0.25) is 0 Å². The Labute approximate surface area is 127 Å². The van der Waals surface area contributed by atoms with Crippen molar-refractivity contribution in [2.24, 2.45) is 0 Å². The summed E-state index contributed by atoms with van der Waals surface area (Å²) in [6.07, 6.45) is 0. The molecule has 0 aliphatic carbocycles. The van der Waals surface area contributed by atoms with E-state index >= 15 is 0 Å². The molecule has 0 fully saturated rings. The van der Waals surface area contributed by atoms with Gasteiger partial charge in [-0.25, -0.2) is 0 Å². The SMILES string of the molecule is COc1c(C)cc(Oc2c(C)cc(C)c(C)c2C)cc1C. The molecule has 21 heavy (non-hydrogen) atoms. The van der Waals surface area contributed by atoms with Gasteiger partial charge < -0.3 is 9.47 Å². The Hall–Kier alpha value is -1.96. The Morgan fingerprint density at radius 1 is 0.619 bits per heavy atom. The van der Waals surface area contributed by atoms with E-state index in [9.17, 15) is 0 Å². The number of rotatable bonds is 3. The highest BCUT2D eigenvalue weighted by atomic mass is 16.5. The maximum atomic E-state index is 6.18. The lowest BCUT2D eigenvalue weighted by molar-refractivity contribution is 0.406. The van der Waals surface area contributed by atoms with E-state index in [4.69, 9.17) is 9.47 Å². The summed E-state index contributed by atoms with van der Waals surface area (Å²) in [4.78, 5) is 0. The van der Waals surface area contributed by atoms with Crippen LogP contribution in [0, 0.1) is 41.5 Å². The molecule has 2 nitrogen and oxygen atoms in total. The number of hydrogen-bond donors (Lipinski definition) is 0. The van der Waals surface area contributed by atoms with Crippen LogP contribution in [0.25, 0.3) is 0 Å². The zero-order valence-corrected chi connectivity index (χ0v) is 14.0. The highest BCUT2D eigenvalue weighted by Crippen LogP contribution is 2.35. The summed E-state index contributed by atoms with van der Waals surface area (Å²) in [6, 6.07) is 6.24. The predicted molar refractivity (Wildman–Crippen MR) is 87.9 cm³/mol. The van der Waals surface area contributed by atoms with Gasteiger partial charge in [0.05, 0.1) is 7.11 Å². The van der Waals surface area contributed by atoms with Crippen molar-refractivity contribution in [1.29, 1.82) is 0 Å². The molecule has 0 aromatic heterocycles. The van der Waals surface area contributed by atoms with E-state index in [0.29, 0.717) is 0 Å². The first-order chi connectivity index (χ1) is 9.85. The Balaban J connectivity index is 2.46. The second kappa shape index (κ2) is 5.80. The predicted octanol–water partition coefficient (Wildman–Crippen LogP) is 5.34. The molecule has 0 bridgehead atoms. The Morgan fingerprint density at radius 2 is 1.14 bits per heavy atom. The maximum absolute atomic E-state index is 6.18. The number of methoxy groups -OCH3 is 1. The van der Waals surface area contributed by atoms with Crippen molar-refractivity contribution in [3.05, 3.63) is 51.6 Å². The molecule has 112 valence electrons. The number of ether oxygens (including phenoxy) is 2. The van der Waals surface area contributed by atoms with Crippen molar-refractivity contribution >= 4 is 0 Å². The summed E-state index contributed by atoms with van der Waals surface area (Å²) in [7, 11) is 1.70. The Morgan fingerprint density at radius 3 is 1.67 bits per heavy atom. The second-order valence-corrected chi connectivity index (χ2v) is 5.78. The van der Waals surface area contributed by atoms with E-state index in [0.717, 1.165) is 28.4 Å². The standard InChI is InChI=1S/C19H24O2/c1-11-8-12(2)19(16(6)15(11)5)21-17-9-13(3)18(20-7)14(4)10-17/h8-10H,1-7H3. The van der Waals surface area contributed by atoms with Crippen LogP contribution in [-0.4, -0.2) is 7.11 Å². The average Bonchev–Trinajstić information content (AvgIpc) is 2.41. The second-order valence-electron chi connectivity index (χ2n) is 5.78. The van der Waals surface area contributed by atoms with Gasteiger partial charge in [0.1, 0.15) is 17.2 Å². The van der Waals surface area contributed by atoms with Crippen LogP contribution in [0.2, 0.25) is 0 Å². The normalized spacial score (nSPS) is 10.6.